The molecule has 0 aliphatic heterocycles. The Kier molecular flexibility index (Phi) is 7.08. The van der Waals surface area contributed by atoms with E-state index in [2.05, 4.69) is 0 Å². The Balaban J connectivity index is 2.30. The molecule has 0 amide bonds. The van der Waals surface area contributed by atoms with Crippen LogP contribution < -0.4 is 0 Å². The third-order valence-corrected chi connectivity index (χ3v) is 4.79. The second kappa shape index (κ2) is 8.39. The molecule has 0 radical (unpaired) electrons. The molecule has 4 heteroatoms. The van der Waals surface area contributed by atoms with Crippen molar-refractivity contribution in [2.75, 3.05) is 13.2 Å². The van der Waals surface area contributed by atoms with Gasteiger partial charge in [0.15, 0.2) is 0 Å². The van der Waals surface area contributed by atoms with Crippen LogP contribution in [0.1, 0.15) is 25.8 Å². The first kappa shape index (κ1) is 14.3. The molecule has 0 N–H and O–H groups in total. The molecular formula is C13H21FO2Si. The Morgan fingerprint density at radius 3 is 2.47 bits per heavy atom. The van der Waals surface area contributed by atoms with E-state index in [0.717, 1.165) is 37.7 Å². The zero-order valence-corrected chi connectivity index (χ0v) is 11.8. The van der Waals surface area contributed by atoms with Gasteiger partial charge in [-0.3, -0.25) is 0 Å². The lowest BCUT2D eigenvalue weighted by Gasteiger charge is -2.14. The van der Waals surface area contributed by atoms with E-state index in [1.807, 2.05) is 19.9 Å². The third kappa shape index (κ3) is 5.96. The van der Waals surface area contributed by atoms with Gasteiger partial charge in [0.25, 0.3) is 0 Å². The first-order valence-corrected chi connectivity index (χ1v) is 7.99. The van der Waals surface area contributed by atoms with Crippen LogP contribution in [-0.4, -0.2) is 22.5 Å². The number of rotatable bonds is 8. The smallest absolute Gasteiger partial charge is 0.321 e. The fourth-order valence-electron chi connectivity index (χ4n) is 1.75. The second-order valence-corrected chi connectivity index (χ2v) is 5.97. The van der Waals surface area contributed by atoms with E-state index in [1.165, 1.54) is 6.07 Å². The van der Waals surface area contributed by atoms with Crippen LogP contribution in [0.5, 0.6) is 0 Å². The molecule has 0 saturated heterocycles. The highest BCUT2D eigenvalue weighted by atomic mass is 28.3. The average molecular weight is 256 g/mol. The number of hydrogen-bond donors (Lipinski definition) is 0. The van der Waals surface area contributed by atoms with Crippen LogP contribution in [0.2, 0.25) is 6.04 Å². The van der Waals surface area contributed by atoms with Crippen molar-refractivity contribution in [3.63, 3.8) is 0 Å². The molecular weight excluding hydrogens is 235 g/mol. The molecule has 0 aliphatic carbocycles. The zero-order chi connectivity index (χ0) is 12.5. The summed E-state index contributed by atoms with van der Waals surface area (Å²) in [7, 11) is -1.48. The molecule has 0 heterocycles. The Bertz CT molecular complexity index is 314. The van der Waals surface area contributed by atoms with Crippen molar-refractivity contribution in [3.8, 4) is 0 Å². The van der Waals surface area contributed by atoms with Crippen molar-refractivity contribution < 1.29 is 13.2 Å². The Hall–Kier alpha value is -0.713. The van der Waals surface area contributed by atoms with Crippen molar-refractivity contribution in [3.05, 3.63) is 35.6 Å². The number of halogens is 1. The van der Waals surface area contributed by atoms with Crippen molar-refractivity contribution in [1.29, 1.82) is 0 Å². The first-order valence-electron chi connectivity index (χ1n) is 6.24. The minimum absolute atomic E-state index is 0.161. The summed E-state index contributed by atoms with van der Waals surface area (Å²) in [5.41, 5.74) is 1.05. The summed E-state index contributed by atoms with van der Waals surface area (Å²) in [6, 6.07) is 7.77. The Labute approximate surface area is 105 Å². The molecule has 1 aromatic rings. The molecule has 2 nitrogen and oxygen atoms in total. The highest BCUT2D eigenvalue weighted by molar-refractivity contribution is 6.44. The van der Waals surface area contributed by atoms with E-state index >= 15 is 0 Å². The van der Waals surface area contributed by atoms with Crippen LogP contribution >= 0.6 is 0 Å². The molecule has 1 aromatic carbocycles. The maximum absolute atomic E-state index is 13.0. The second-order valence-electron chi connectivity index (χ2n) is 3.86. The monoisotopic (exact) mass is 256 g/mol. The summed E-state index contributed by atoms with van der Waals surface area (Å²) in [6.45, 7) is 5.42. The number of aryl methyl sites for hydroxylation is 1. The summed E-state index contributed by atoms with van der Waals surface area (Å²) in [4.78, 5) is 0. The SMILES string of the molecule is CCO[SiH](CCCc1cccc(F)c1)OCC. The Morgan fingerprint density at radius 2 is 1.88 bits per heavy atom. The third-order valence-electron chi connectivity index (χ3n) is 2.50. The quantitative estimate of drug-likeness (QED) is 0.666. The molecule has 0 unspecified atom stereocenters. The van der Waals surface area contributed by atoms with Gasteiger partial charge in [0.2, 0.25) is 0 Å². The van der Waals surface area contributed by atoms with E-state index < -0.39 is 9.28 Å². The lowest BCUT2D eigenvalue weighted by Crippen LogP contribution is -2.22. The van der Waals surface area contributed by atoms with E-state index in [0.29, 0.717) is 0 Å². The van der Waals surface area contributed by atoms with Crippen LogP contribution in [0, 0.1) is 5.82 Å². The maximum atomic E-state index is 13.0. The van der Waals surface area contributed by atoms with Crippen molar-refractivity contribution in [2.24, 2.45) is 0 Å². The summed E-state index contributed by atoms with van der Waals surface area (Å²) in [5, 5.41) is 0. The minimum Gasteiger partial charge on any atom is -0.397 e. The van der Waals surface area contributed by atoms with Crippen LogP contribution in [0.4, 0.5) is 4.39 Å². The van der Waals surface area contributed by atoms with Gasteiger partial charge in [-0.1, -0.05) is 12.1 Å². The fraction of sp³-hybridized carbons (Fsp3) is 0.538. The van der Waals surface area contributed by atoms with Crippen LogP contribution in [0.25, 0.3) is 0 Å². The van der Waals surface area contributed by atoms with Crippen LogP contribution in [-0.2, 0) is 15.3 Å². The molecule has 0 atom stereocenters. The zero-order valence-electron chi connectivity index (χ0n) is 10.6. The summed E-state index contributed by atoms with van der Waals surface area (Å²) < 4.78 is 24.1. The van der Waals surface area contributed by atoms with Gasteiger partial charge in [0, 0.05) is 13.2 Å². The number of benzene rings is 1. The van der Waals surface area contributed by atoms with Crippen molar-refractivity contribution >= 4 is 9.28 Å². The molecule has 0 spiro atoms. The lowest BCUT2D eigenvalue weighted by molar-refractivity contribution is 0.213. The average Bonchev–Trinajstić information content (AvgIpc) is 2.30. The summed E-state index contributed by atoms with van der Waals surface area (Å²) >= 11 is 0. The van der Waals surface area contributed by atoms with Gasteiger partial charge >= 0.3 is 9.28 Å². The lowest BCUT2D eigenvalue weighted by atomic mass is 10.1. The summed E-state index contributed by atoms with van der Waals surface area (Å²) in [5.74, 6) is -0.161. The minimum atomic E-state index is -1.48. The molecule has 0 fully saturated rings. The first-order chi connectivity index (χ1) is 8.26. The largest absolute Gasteiger partial charge is 0.397 e. The van der Waals surface area contributed by atoms with Crippen LogP contribution in [0.15, 0.2) is 24.3 Å². The number of hydrogen-bond acceptors (Lipinski definition) is 2. The van der Waals surface area contributed by atoms with Gasteiger partial charge in [-0.05, 0) is 50.4 Å². The fourth-order valence-corrected chi connectivity index (χ4v) is 3.46. The van der Waals surface area contributed by atoms with E-state index in [4.69, 9.17) is 8.85 Å². The van der Waals surface area contributed by atoms with Gasteiger partial charge in [-0.15, -0.1) is 0 Å². The van der Waals surface area contributed by atoms with Gasteiger partial charge < -0.3 is 8.85 Å². The normalized spacial score (nSPS) is 11.1. The topological polar surface area (TPSA) is 18.5 Å². The van der Waals surface area contributed by atoms with Gasteiger partial charge in [0.05, 0.1) is 0 Å². The molecule has 17 heavy (non-hydrogen) atoms. The highest BCUT2D eigenvalue weighted by Gasteiger charge is 2.11. The maximum Gasteiger partial charge on any atom is 0.321 e. The molecule has 0 aliphatic rings. The van der Waals surface area contributed by atoms with Gasteiger partial charge in [0.1, 0.15) is 5.82 Å². The van der Waals surface area contributed by atoms with Crippen LogP contribution in [0.3, 0.4) is 0 Å². The Morgan fingerprint density at radius 1 is 1.18 bits per heavy atom. The predicted molar refractivity (Wildman–Crippen MR) is 69.9 cm³/mol. The standard InChI is InChI=1S/C13H21FO2Si/c1-3-15-17(16-4-2)10-6-8-12-7-5-9-13(14)11-12/h5,7,9,11,17H,3-4,6,8,10H2,1-2H3. The highest BCUT2D eigenvalue weighted by Crippen LogP contribution is 2.10. The molecule has 0 bridgehead atoms. The van der Waals surface area contributed by atoms with E-state index in [9.17, 15) is 4.39 Å². The summed E-state index contributed by atoms with van der Waals surface area (Å²) in [6.07, 6.45) is 1.89. The van der Waals surface area contributed by atoms with E-state index in [-0.39, 0.29) is 5.82 Å². The van der Waals surface area contributed by atoms with Crippen molar-refractivity contribution in [2.45, 2.75) is 32.7 Å². The molecule has 0 aromatic heterocycles. The molecule has 96 valence electrons. The molecule has 1 rings (SSSR count). The van der Waals surface area contributed by atoms with Gasteiger partial charge in [-0.2, -0.15) is 0 Å². The van der Waals surface area contributed by atoms with Gasteiger partial charge in [-0.25, -0.2) is 4.39 Å². The van der Waals surface area contributed by atoms with E-state index in [1.54, 1.807) is 12.1 Å². The molecule has 0 saturated carbocycles. The van der Waals surface area contributed by atoms with Crippen molar-refractivity contribution in [1.82, 2.24) is 0 Å². The predicted octanol–water partition coefficient (Wildman–Crippen LogP) is 3.05.